The fraction of sp³-hybridized carbons (Fsp3) is 0.333. The van der Waals surface area contributed by atoms with E-state index in [1.165, 1.54) is 6.07 Å². The maximum absolute atomic E-state index is 13.8. The smallest absolute Gasteiger partial charge is 0.147 e. The van der Waals surface area contributed by atoms with Crippen LogP contribution in [-0.4, -0.2) is 20.8 Å². The molecule has 0 saturated carbocycles. The summed E-state index contributed by atoms with van der Waals surface area (Å²) >= 11 is 0. The van der Waals surface area contributed by atoms with Gasteiger partial charge in [-0.2, -0.15) is 5.10 Å². The van der Waals surface area contributed by atoms with Crippen molar-refractivity contribution in [2.75, 3.05) is 0 Å². The van der Waals surface area contributed by atoms with E-state index in [9.17, 15) is 4.39 Å². The minimum Gasteiger partial charge on any atom is -0.460 e. The van der Waals surface area contributed by atoms with Crippen molar-refractivity contribution < 1.29 is 8.81 Å². The molecule has 6 heteroatoms. The molecule has 24 heavy (non-hydrogen) atoms. The lowest BCUT2D eigenvalue weighted by molar-refractivity contribution is 0.345. The summed E-state index contributed by atoms with van der Waals surface area (Å²) in [4.78, 5) is 4.42. The Morgan fingerprint density at radius 3 is 3.04 bits per heavy atom. The van der Waals surface area contributed by atoms with Crippen LogP contribution in [0.25, 0.3) is 11.3 Å². The topological polar surface area (TPSA) is 55.9 Å². The van der Waals surface area contributed by atoms with E-state index in [4.69, 9.17) is 4.42 Å². The highest BCUT2D eigenvalue weighted by atomic mass is 19.1. The van der Waals surface area contributed by atoms with Crippen molar-refractivity contribution in [3.8, 4) is 11.3 Å². The Morgan fingerprint density at radius 1 is 1.29 bits per heavy atom. The van der Waals surface area contributed by atoms with E-state index in [-0.39, 0.29) is 5.82 Å². The number of aryl methyl sites for hydroxylation is 2. The zero-order valence-corrected chi connectivity index (χ0v) is 13.5. The molecule has 0 aliphatic carbocycles. The molecule has 1 aromatic carbocycles. The second-order valence-electron chi connectivity index (χ2n) is 6.12. The third-order valence-electron chi connectivity index (χ3n) is 4.33. The Bertz CT molecular complexity index is 854. The number of hydrogen-bond acceptors (Lipinski definition) is 4. The van der Waals surface area contributed by atoms with E-state index in [1.807, 2.05) is 23.7 Å². The summed E-state index contributed by atoms with van der Waals surface area (Å²) in [6.07, 6.45) is 1.95. The van der Waals surface area contributed by atoms with Crippen molar-refractivity contribution in [3.63, 3.8) is 0 Å². The van der Waals surface area contributed by atoms with E-state index >= 15 is 0 Å². The molecule has 0 spiro atoms. The second kappa shape index (κ2) is 6.20. The minimum atomic E-state index is -0.271. The van der Waals surface area contributed by atoms with Gasteiger partial charge in [-0.25, -0.2) is 14.1 Å². The molecule has 1 atom stereocenters. The number of halogens is 1. The van der Waals surface area contributed by atoms with Gasteiger partial charge in [-0.3, -0.25) is 0 Å². The van der Waals surface area contributed by atoms with Crippen molar-refractivity contribution in [2.24, 2.45) is 0 Å². The van der Waals surface area contributed by atoms with E-state index in [0.717, 1.165) is 36.8 Å². The zero-order chi connectivity index (χ0) is 16.5. The Hall–Kier alpha value is -2.47. The number of nitrogens with zero attached hydrogens (tertiary/aromatic N) is 3. The summed E-state index contributed by atoms with van der Waals surface area (Å²) in [7, 11) is 0. The Labute approximate surface area is 139 Å². The molecule has 1 aliphatic heterocycles. The first-order valence-corrected chi connectivity index (χ1v) is 8.16. The fourth-order valence-corrected chi connectivity index (χ4v) is 3.12. The van der Waals surface area contributed by atoms with Gasteiger partial charge in [0.25, 0.3) is 0 Å². The molecule has 1 N–H and O–H groups in total. The van der Waals surface area contributed by atoms with Crippen molar-refractivity contribution in [3.05, 3.63) is 59.6 Å². The number of benzene rings is 1. The fourth-order valence-electron chi connectivity index (χ4n) is 3.12. The Balaban J connectivity index is 1.40. The van der Waals surface area contributed by atoms with Gasteiger partial charge < -0.3 is 9.73 Å². The molecular weight excluding hydrogens is 307 g/mol. The lowest BCUT2D eigenvalue weighted by atomic mass is 10.1. The van der Waals surface area contributed by atoms with Crippen molar-refractivity contribution in [1.82, 2.24) is 20.1 Å². The molecule has 0 saturated heterocycles. The average molecular weight is 326 g/mol. The predicted molar refractivity (Wildman–Crippen MR) is 87.8 cm³/mol. The van der Waals surface area contributed by atoms with E-state index in [2.05, 4.69) is 15.4 Å². The van der Waals surface area contributed by atoms with E-state index in [1.54, 1.807) is 18.2 Å². The predicted octanol–water partition coefficient (Wildman–Crippen LogP) is 3.09. The molecule has 0 radical (unpaired) electrons. The maximum Gasteiger partial charge on any atom is 0.147 e. The van der Waals surface area contributed by atoms with Crippen LogP contribution in [0.1, 0.15) is 23.8 Å². The molecule has 2 aromatic heterocycles. The highest BCUT2D eigenvalue weighted by Crippen LogP contribution is 2.25. The van der Waals surface area contributed by atoms with Gasteiger partial charge in [0.05, 0.1) is 18.7 Å². The number of aromatic nitrogens is 3. The van der Waals surface area contributed by atoms with Gasteiger partial charge in [0.15, 0.2) is 0 Å². The summed E-state index contributed by atoms with van der Waals surface area (Å²) in [6, 6.07) is 10.7. The van der Waals surface area contributed by atoms with Crippen LogP contribution in [0.15, 0.2) is 40.8 Å². The maximum atomic E-state index is 13.8. The molecule has 0 fully saturated rings. The van der Waals surface area contributed by atoms with Gasteiger partial charge in [0.2, 0.25) is 0 Å². The molecule has 3 heterocycles. The van der Waals surface area contributed by atoms with E-state index < -0.39 is 0 Å². The van der Waals surface area contributed by atoms with Gasteiger partial charge >= 0.3 is 0 Å². The van der Waals surface area contributed by atoms with Crippen LogP contribution >= 0.6 is 0 Å². The van der Waals surface area contributed by atoms with Crippen molar-refractivity contribution in [1.29, 1.82) is 0 Å². The molecule has 3 aromatic rings. The van der Waals surface area contributed by atoms with Crippen LogP contribution in [0.4, 0.5) is 4.39 Å². The van der Waals surface area contributed by atoms with Crippen LogP contribution in [0, 0.1) is 12.7 Å². The zero-order valence-electron chi connectivity index (χ0n) is 13.5. The summed E-state index contributed by atoms with van der Waals surface area (Å²) in [5.41, 5.74) is 0.490. The summed E-state index contributed by atoms with van der Waals surface area (Å²) < 4.78 is 21.6. The molecule has 0 unspecified atom stereocenters. The lowest BCUT2D eigenvalue weighted by Crippen LogP contribution is -2.37. The Morgan fingerprint density at radius 2 is 2.17 bits per heavy atom. The van der Waals surface area contributed by atoms with Crippen LogP contribution in [0.5, 0.6) is 0 Å². The number of nitrogens with one attached hydrogen (secondary N) is 1. The van der Waals surface area contributed by atoms with Crippen molar-refractivity contribution >= 4 is 0 Å². The molecule has 0 amide bonds. The highest BCUT2D eigenvalue weighted by Gasteiger charge is 2.20. The Kier molecular flexibility index (Phi) is 3.90. The normalized spacial score (nSPS) is 17.0. The van der Waals surface area contributed by atoms with Gasteiger partial charge in [-0.15, -0.1) is 0 Å². The number of hydrogen-bond donors (Lipinski definition) is 1. The van der Waals surface area contributed by atoms with Crippen LogP contribution < -0.4 is 5.32 Å². The third kappa shape index (κ3) is 2.97. The number of rotatable bonds is 4. The van der Waals surface area contributed by atoms with Crippen LogP contribution in [-0.2, 0) is 19.5 Å². The highest BCUT2D eigenvalue weighted by molar-refractivity contribution is 5.58. The quantitative estimate of drug-likeness (QED) is 0.800. The van der Waals surface area contributed by atoms with Gasteiger partial charge in [-0.05, 0) is 37.6 Å². The molecule has 0 bridgehead atoms. The van der Waals surface area contributed by atoms with Gasteiger partial charge in [-0.1, -0.05) is 12.1 Å². The number of fused-ring (bicyclic) bond motifs is 1. The molecule has 1 aliphatic rings. The van der Waals surface area contributed by atoms with Gasteiger partial charge in [0.1, 0.15) is 29.0 Å². The second-order valence-corrected chi connectivity index (χ2v) is 6.12. The summed E-state index contributed by atoms with van der Waals surface area (Å²) in [6.45, 7) is 3.35. The monoisotopic (exact) mass is 326 g/mol. The van der Waals surface area contributed by atoms with Gasteiger partial charge in [0, 0.05) is 12.5 Å². The molecule has 5 nitrogen and oxygen atoms in total. The van der Waals surface area contributed by atoms with Crippen LogP contribution in [0.2, 0.25) is 0 Å². The molecule has 4 rings (SSSR count). The first-order chi connectivity index (χ1) is 11.7. The number of furan rings is 1. The first kappa shape index (κ1) is 15.1. The minimum absolute atomic E-state index is 0.271. The van der Waals surface area contributed by atoms with Crippen molar-refractivity contribution in [2.45, 2.75) is 38.9 Å². The standard InChI is InChI=1S/C18H19FN4O/c1-12-21-18-9-6-13(11-23(18)22-12)20-10-14-7-8-17(24-14)15-4-2-3-5-16(15)19/h2-5,7-8,13,20H,6,9-11H2,1H3/t13-/m1/s1. The third-order valence-corrected chi connectivity index (χ3v) is 4.33. The summed E-state index contributed by atoms with van der Waals surface area (Å²) in [5, 5.41) is 7.90. The molecular formula is C18H19FN4O. The first-order valence-electron chi connectivity index (χ1n) is 8.16. The SMILES string of the molecule is Cc1nc2n(n1)C[C@H](NCc1ccc(-c3ccccc3F)o1)CC2. The average Bonchev–Trinajstić information content (AvgIpc) is 3.18. The lowest BCUT2D eigenvalue weighted by Gasteiger charge is -2.23. The largest absolute Gasteiger partial charge is 0.460 e. The molecule has 124 valence electrons. The van der Waals surface area contributed by atoms with Crippen LogP contribution in [0.3, 0.4) is 0 Å². The van der Waals surface area contributed by atoms with E-state index in [0.29, 0.717) is 23.9 Å². The summed E-state index contributed by atoms with van der Waals surface area (Å²) in [5.74, 6) is 2.97.